The Kier molecular flexibility index (Phi) is 8.31. The van der Waals surface area contributed by atoms with Gasteiger partial charge in [-0.1, -0.05) is 48.0 Å². The lowest BCUT2D eigenvalue weighted by atomic mass is 9.98. The molecule has 4 rings (SSSR count). The molecular formula is C27H29ClF2O3. The quantitative estimate of drug-likeness (QED) is 0.353. The second-order valence-corrected chi connectivity index (χ2v) is 9.03. The van der Waals surface area contributed by atoms with Crippen molar-refractivity contribution < 1.29 is 23.0 Å². The average Bonchev–Trinajstić information content (AvgIpc) is 2.83. The first-order valence-electron chi connectivity index (χ1n) is 11.4. The fourth-order valence-corrected chi connectivity index (χ4v) is 4.31. The normalized spacial score (nSPS) is 18.7. The molecule has 6 heteroatoms. The summed E-state index contributed by atoms with van der Waals surface area (Å²) in [4.78, 5) is 0. The van der Waals surface area contributed by atoms with Crippen LogP contribution in [0.4, 0.5) is 8.78 Å². The Morgan fingerprint density at radius 2 is 1.67 bits per heavy atom. The van der Waals surface area contributed by atoms with Crippen LogP contribution in [0.2, 0.25) is 5.02 Å². The molecule has 1 aliphatic rings. The third-order valence-electron chi connectivity index (χ3n) is 6.20. The van der Waals surface area contributed by atoms with Crippen LogP contribution in [-0.2, 0) is 33.5 Å². The van der Waals surface area contributed by atoms with E-state index in [0.717, 1.165) is 42.4 Å². The third kappa shape index (κ3) is 6.30. The maximum atomic E-state index is 15.1. The summed E-state index contributed by atoms with van der Waals surface area (Å²) in [6.45, 7) is 2.11. The fourth-order valence-electron chi connectivity index (χ4n) is 4.19. The molecular weight excluding hydrogens is 446 g/mol. The van der Waals surface area contributed by atoms with Gasteiger partial charge in [-0.3, -0.25) is 0 Å². The van der Waals surface area contributed by atoms with Crippen molar-refractivity contribution in [3.8, 4) is 0 Å². The minimum atomic E-state index is -0.449. The van der Waals surface area contributed by atoms with Gasteiger partial charge in [0.15, 0.2) is 6.29 Å². The summed E-state index contributed by atoms with van der Waals surface area (Å²) in [6, 6.07) is 14.3. The Balaban J connectivity index is 1.34. The van der Waals surface area contributed by atoms with Crippen molar-refractivity contribution in [2.24, 2.45) is 5.92 Å². The van der Waals surface area contributed by atoms with Gasteiger partial charge in [-0.25, -0.2) is 8.78 Å². The van der Waals surface area contributed by atoms with Gasteiger partial charge >= 0.3 is 0 Å². The molecule has 0 aliphatic carbocycles. The van der Waals surface area contributed by atoms with E-state index in [1.807, 2.05) is 30.3 Å². The van der Waals surface area contributed by atoms with Crippen LogP contribution >= 0.6 is 11.6 Å². The Bertz CT molecular complexity index is 1080. The number of methoxy groups -OCH3 is 1. The van der Waals surface area contributed by atoms with E-state index in [1.54, 1.807) is 13.2 Å². The Hall–Kier alpha value is -2.05. The molecule has 3 aromatic rings. The van der Waals surface area contributed by atoms with Gasteiger partial charge in [-0.15, -0.1) is 0 Å². The first-order chi connectivity index (χ1) is 16.0. The van der Waals surface area contributed by atoms with Crippen LogP contribution in [0, 0.1) is 17.6 Å². The molecule has 0 N–H and O–H groups in total. The molecule has 3 aromatic carbocycles. The predicted octanol–water partition coefficient (Wildman–Crippen LogP) is 6.51. The second kappa shape index (κ2) is 11.4. The van der Waals surface area contributed by atoms with E-state index in [4.69, 9.17) is 25.8 Å². The van der Waals surface area contributed by atoms with E-state index in [0.29, 0.717) is 42.9 Å². The third-order valence-corrected chi connectivity index (χ3v) is 6.51. The number of benzene rings is 3. The SMILES string of the molecule is COCCC1COC(CCc2ccc3c(F)c(CCc4ccc(Cl)c(F)c4)ccc3c2)OC1. The molecule has 0 spiro atoms. The zero-order chi connectivity index (χ0) is 23.2. The summed E-state index contributed by atoms with van der Waals surface area (Å²) >= 11 is 5.74. The highest BCUT2D eigenvalue weighted by Crippen LogP contribution is 2.26. The van der Waals surface area contributed by atoms with Crippen molar-refractivity contribution in [1.82, 2.24) is 0 Å². The molecule has 1 fully saturated rings. The number of fused-ring (bicyclic) bond motifs is 1. The van der Waals surface area contributed by atoms with Gasteiger partial charge < -0.3 is 14.2 Å². The molecule has 0 amide bonds. The predicted molar refractivity (Wildman–Crippen MR) is 127 cm³/mol. The maximum Gasteiger partial charge on any atom is 0.157 e. The van der Waals surface area contributed by atoms with Crippen LogP contribution in [0.3, 0.4) is 0 Å². The number of aryl methyl sites for hydroxylation is 3. The zero-order valence-corrected chi connectivity index (χ0v) is 19.5. The van der Waals surface area contributed by atoms with Crippen LogP contribution < -0.4 is 0 Å². The van der Waals surface area contributed by atoms with Crippen LogP contribution in [0.25, 0.3) is 10.8 Å². The number of rotatable bonds is 9. The van der Waals surface area contributed by atoms with E-state index in [2.05, 4.69) is 0 Å². The highest BCUT2D eigenvalue weighted by Gasteiger charge is 2.22. The summed E-state index contributed by atoms with van der Waals surface area (Å²) < 4.78 is 45.5. The monoisotopic (exact) mass is 474 g/mol. The largest absolute Gasteiger partial charge is 0.385 e. The summed E-state index contributed by atoms with van der Waals surface area (Å²) in [6.07, 6.45) is 3.35. The summed E-state index contributed by atoms with van der Waals surface area (Å²) in [5.41, 5.74) is 2.54. The summed E-state index contributed by atoms with van der Waals surface area (Å²) in [5, 5.41) is 1.57. The van der Waals surface area contributed by atoms with Gasteiger partial charge in [-0.2, -0.15) is 0 Å². The lowest BCUT2D eigenvalue weighted by Crippen LogP contribution is -2.32. The van der Waals surface area contributed by atoms with Gasteiger partial charge in [0.05, 0.1) is 18.2 Å². The first kappa shape index (κ1) is 24.1. The van der Waals surface area contributed by atoms with E-state index >= 15 is 4.39 Å². The van der Waals surface area contributed by atoms with Crippen molar-refractivity contribution in [3.05, 3.63) is 81.9 Å². The van der Waals surface area contributed by atoms with E-state index in [1.165, 1.54) is 12.1 Å². The lowest BCUT2D eigenvalue weighted by molar-refractivity contribution is -0.204. The van der Waals surface area contributed by atoms with Crippen LogP contribution in [0.1, 0.15) is 29.5 Å². The molecule has 0 saturated carbocycles. The molecule has 33 heavy (non-hydrogen) atoms. The number of ether oxygens (including phenoxy) is 3. The zero-order valence-electron chi connectivity index (χ0n) is 18.8. The van der Waals surface area contributed by atoms with Crippen LogP contribution in [0.15, 0.2) is 48.5 Å². The molecule has 0 atom stereocenters. The van der Waals surface area contributed by atoms with Gasteiger partial charge in [-0.05, 0) is 59.9 Å². The fraction of sp³-hybridized carbons (Fsp3) is 0.407. The molecule has 0 radical (unpaired) electrons. The maximum absolute atomic E-state index is 15.1. The van der Waals surface area contributed by atoms with Crippen LogP contribution in [-0.4, -0.2) is 33.2 Å². The van der Waals surface area contributed by atoms with Gasteiger partial charge in [0.25, 0.3) is 0 Å². The van der Waals surface area contributed by atoms with Crippen LogP contribution in [0.5, 0.6) is 0 Å². The summed E-state index contributed by atoms with van der Waals surface area (Å²) in [7, 11) is 1.70. The second-order valence-electron chi connectivity index (χ2n) is 8.63. The molecule has 176 valence electrons. The number of hydrogen-bond acceptors (Lipinski definition) is 3. The molecule has 1 aliphatic heterocycles. The number of hydrogen-bond donors (Lipinski definition) is 0. The van der Waals surface area contributed by atoms with Gasteiger partial charge in [0.1, 0.15) is 11.6 Å². The highest BCUT2D eigenvalue weighted by molar-refractivity contribution is 6.30. The van der Waals surface area contributed by atoms with Crippen molar-refractivity contribution in [1.29, 1.82) is 0 Å². The molecule has 1 saturated heterocycles. The molecule has 1 heterocycles. The van der Waals surface area contributed by atoms with E-state index in [-0.39, 0.29) is 17.1 Å². The standard InChI is InChI=1S/C27H29ClF2O3/c1-31-13-12-20-16-32-26(33-17-20)11-5-18-3-9-23-22(14-18)8-7-21(27(23)30)6-2-19-4-10-24(28)25(29)15-19/h3-4,7-10,14-15,20,26H,2,5-6,11-13,16-17H2,1H3. The van der Waals surface area contributed by atoms with Gasteiger partial charge in [0, 0.05) is 31.4 Å². The average molecular weight is 475 g/mol. The van der Waals surface area contributed by atoms with Crippen molar-refractivity contribution >= 4 is 22.4 Å². The Morgan fingerprint density at radius 3 is 2.42 bits per heavy atom. The topological polar surface area (TPSA) is 27.7 Å². The molecule has 0 bridgehead atoms. The Labute approximate surface area is 198 Å². The smallest absolute Gasteiger partial charge is 0.157 e. The van der Waals surface area contributed by atoms with Crippen molar-refractivity contribution in [2.45, 2.75) is 38.4 Å². The minimum absolute atomic E-state index is 0.0966. The highest BCUT2D eigenvalue weighted by atomic mass is 35.5. The molecule has 0 aromatic heterocycles. The van der Waals surface area contributed by atoms with Gasteiger partial charge in [0.2, 0.25) is 0 Å². The minimum Gasteiger partial charge on any atom is -0.385 e. The summed E-state index contributed by atoms with van der Waals surface area (Å²) in [5.74, 6) is -0.275. The van der Waals surface area contributed by atoms with Crippen molar-refractivity contribution in [3.63, 3.8) is 0 Å². The number of halogens is 3. The Morgan fingerprint density at radius 1 is 0.909 bits per heavy atom. The van der Waals surface area contributed by atoms with Crippen molar-refractivity contribution in [2.75, 3.05) is 26.9 Å². The lowest BCUT2D eigenvalue weighted by Gasteiger charge is -2.29. The first-order valence-corrected chi connectivity index (χ1v) is 11.8. The molecule has 3 nitrogen and oxygen atoms in total. The van der Waals surface area contributed by atoms with E-state index < -0.39 is 5.82 Å². The molecule has 0 unspecified atom stereocenters. The van der Waals surface area contributed by atoms with E-state index in [9.17, 15) is 4.39 Å².